The Bertz CT molecular complexity index is 1500. The number of nitrogens with one attached hydrogen (secondary N) is 1. The summed E-state index contributed by atoms with van der Waals surface area (Å²) in [7, 11) is -2.82. The standard InChI is InChI=1S/C29H30FN3O6S/c1-38-25-14-13-22(30)16-27(25)40(36,37)32-15-7-10-21(18-32)29(35)33-19-26(39-24-12-6-5-11-23(24)33)28(34)31-17-20-8-3-2-4-9-20/h2-6,8-9,11-14,16,21,26H,7,10,15,17-19H2,1H3,(H,31,34)/t21-,26-/m0/s1. The largest absolute Gasteiger partial charge is 0.495 e. The van der Waals surface area contributed by atoms with Gasteiger partial charge in [0.1, 0.15) is 22.2 Å². The number of nitrogens with zero attached hydrogens (tertiary/aromatic N) is 2. The zero-order valence-corrected chi connectivity index (χ0v) is 22.8. The maximum atomic E-state index is 14.0. The molecule has 2 atom stereocenters. The van der Waals surface area contributed by atoms with Gasteiger partial charge in [0.15, 0.2) is 6.10 Å². The van der Waals surface area contributed by atoms with Crippen molar-refractivity contribution in [2.45, 2.75) is 30.4 Å². The minimum absolute atomic E-state index is 0.0164. The fourth-order valence-corrected chi connectivity index (χ4v) is 6.74. The third-order valence-corrected chi connectivity index (χ3v) is 9.00. The highest BCUT2D eigenvalue weighted by molar-refractivity contribution is 7.89. The number of amides is 2. The van der Waals surface area contributed by atoms with Gasteiger partial charge in [-0.1, -0.05) is 42.5 Å². The molecule has 2 heterocycles. The summed E-state index contributed by atoms with van der Waals surface area (Å²) >= 11 is 0. The van der Waals surface area contributed by atoms with Gasteiger partial charge in [-0.3, -0.25) is 9.59 Å². The Kier molecular flexibility index (Phi) is 8.04. The molecule has 0 saturated carbocycles. The van der Waals surface area contributed by atoms with Crippen LogP contribution in [0.3, 0.4) is 0 Å². The van der Waals surface area contributed by atoms with Gasteiger partial charge in [-0.2, -0.15) is 4.31 Å². The van der Waals surface area contributed by atoms with Gasteiger partial charge < -0.3 is 19.7 Å². The molecule has 11 heteroatoms. The average Bonchev–Trinajstić information content (AvgIpc) is 2.99. The van der Waals surface area contributed by atoms with Gasteiger partial charge >= 0.3 is 0 Å². The van der Waals surface area contributed by atoms with Crippen molar-refractivity contribution in [3.63, 3.8) is 0 Å². The molecule has 0 spiro atoms. The third kappa shape index (κ3) is 5.66. The second-order valence-electron chi connectivity index (χ2n) is 9.72. The van der Waals surface area contributed by atoms with Crippen molar-refractivity contribution in [3.05, 3.63) is 84.2 Å². The second kappa shape index (κ2) is 11.6. The van der Waals surface area contributed by atoms with Gasteiger partial charge in [-0.25, -0.2) is 12.8 Å². The average molecular weight is 568 g/mol. The van der Waals surface area contributed by atoms with Crippen LogP contribution in [-0.2, 0) is 26.2 Å². The predicted molar refractivity (Wildman–Crippen MR) is 146 cm³/mol. The number of benzene rings is 3. The maximum Gasteiger partial charge on any atom is 0.263 e. The fourth-order valence-electron chi connectivity index (χ4n) is 5.05. The van der Waals surface area contributed by atoms with Gasteiger partial charge in [0.05, 0.1) is 25.3 Å². The molecule has 3 aromatic carbocycles. The van der Waals surface area contributed by atoms with E-state index in [0.717, 1.165) is 17.7 Å². The Morgan fingerprint density at radius 3 is 2.58 bits per heavy atom. The lowest BCUT2D eigenvalue weighted by Crippen LogP contribution is -2.53. The number of carbonyl (C=O) groups is 2. The van der Waals surface area contributed by atoms with Crippen LogP contribution >= 0.6 is 0 Å². The first-order valence-corrected chi connectivity index (χ1v) is 14.4. The summed E-state index contributed by atoms with van der Waals surface area (Å²) in [5.74, 6) is -1.61. The minimum Gasteiger partial charge on any atom is -0.495 e. The van der Waals surface area contributed by atoms with Crippen molar-refractivity contribution >= 4 is 27.5 Å². The highest BCUT2D eigenvalue weighted by Crippen LogP contribution is 2.36. The Labute approximate surface area is 232 Å². The lowest BCUT2D eigenvalue weighted by molar-refractivity contribution is -0.129. The normalized spacial score (nSPS) is 19.3. The van der Waals surface area contributed by atoms with E-state index in [1.165, 1.54) is 22.4 Å². The minimum atomic E-state index is -4.13. The number of carbonyl (C=O) groups excluding carboxylic acids is 2. The van der Waals surface area contributed by atoms with E-state index >= 15 is 0 Å². The van der Waals surface area contributed by atoms with Gasteiger partial charge in [-0.15, -0.1) is 0 Å². The highest BCUT2D eigenvalue weighted by atomic mass is 32.2. The summed E-state index contributed by atoms with van der Waals surface area (Å²) in [6.45, 7) is 0.410. The van der Waals surface area contributed by atoms with E-state index in [1.54, 1.807) is 24.3 Å². The molecule has 210 valence electrons. The molecule has 1 fully saturated rings. The lowest BCUT2D eigenvalue weighted by atomic mass is 9.97. The molecule has 0 aromatic heterocycles. The quantitative estimate of drug-likeness (QED) is 0.470. The van der Waals surface area contributed by atoms with Gasteiger partial charge in [0.25, 0.3) is 5.91 Å². The second-order valence-corrected chi connectivity index (χ2v) is 11.6. The van der Waals surface area contributed by atoms with Crippen LogP contribution in [-0.4, -0.2) is 57.4 Å². The predicted octanol–water partition coefficient (Wildman–Crippen LogP) is 3.35. The number of para-hydroxylation sites is 2. The Morgan fingerprint density at radius 1 is 1.05 bits per heavy atom. The van der Waals surface area contributed by atoms with Crippen LogP contribution in [0, 0.1) is 11.7 Å². The van der Waals surface area contributed by atoms with Crippen molar-refractivity contribution in [1.82, 2.24) is 9.62 Å². The molecule has 1 N–H and O–H groups in total. The molecular formula is C29H30FN3O6S. The van der Waals surface area contributed by atoms with E-state index in [2.05, 4.69) is 5.32 Å². The number of rotatable bonds is 7. The number of piperidine rings is 1. The number of halogens is 1. The van der Waals surface area contributed by atoms with E-state index in [9.17, 15) is 22.4 Å². The van der Waals surface area contributed by atoms with Gasteiger partial charge in [-0.05, 0) is 48.7 Å². The summed E-state index contributed by atoms with van der Waals surface area (Å²) in [6.07, 6.45) is -0.0296. The Hall–Kier alpha value is -3.96. The van der Waals surface area contributed by atoms with E-state index in [0.29, 0.717) is 30.8 Å². The van der Waals surface area contributed by atoms with E-state index < -0.39 is 27.9 Å². The van der Waals surface area contributed by atoms with Crippen molar-refractivity contribution in [1.29, 1.82) is 0 Å². The molecule has 9 nitrogen and oxygen atoms in total. The van der Waals surface area contributed by atoms with Crippen molar-refractivity contribution in [2.75, 3.05) is 31.6 Å². The van der Waals surface area contributed by atoms with Crippen molar-refractivity contribution < 1.29 is 31.9 Å². The SMILES string of the molecule is COc1ccc(F)cc1S(=O)(=O)N1CCC[C@H](C(=O)N2C[C@@H](C(=O)NCc3ccccc3)Oc3ccccc32)C1. The van der Waals surface area contributed by atoms with Gasteiger partial charge in [0, 0.05) is 19.6 Å². The molecule has 2 amide bonds. The molecule has 40 heavy (non-hydrogen) atoms. The molecule has 2 aliphatic rings. The monoisotopic (exact) mass is 567 g/mol. The third-order valence-electron chi connectivity index (χ3n) is 7.12. The zero-order chi connectivity index (χ0) is 28.3. The number of ether oxygens (including phenoxy) is 2. The first-order valence-electron chi connectivity index (χ1n) is 13.0. The van der Waals surface area contributed by atoms with Crippen LogP contribution in [0.1, 0.15) is 18.4 Å². The summed E-state index contributed by atoms with van der Waals surface area (Å²) in [5, 5.41) is 2.87. The van der Waals surface area contributed by atoms with Crippen molar-refractivity contribution in [3.8, 4) is 11.5 Å². The van der Waals surface area contributed by atoms with Crippen LogP contribution in [0.25, 0.3) is 0 Å². The summed E-state index contributed by atoms with van der Waals surface area (Å²) < 4.78 is 53.3. The van der Waals surface area contributed by atoms with Crippen LogP contribution in [0.5, 0.6) is 11.5 Å². The Morgan fingerprint density at radius 2 is 1.80 bits per heavy atom. The van der Waals surface area contributed by atoms with Crippen molar-refractivity contribution in [2.24, 2.45) is 5.92 Å². The number of methoxy groups -OCH3 is 1. The molecule has 0 aliphatic carbocycles. The van der Waals surface area contributed by atoms with Gasteiger partial charge in [0.2, 0.25) is 15.9 Å². The molecule has 0 unspecified atom stereocenters. The molecule has 5 rings (SSSR count). The molecular weight excluding hydrogens is 537 g/mol. The number of hydrogen-bond donors (Lipinski definition) is 1. The van der Waals surface area contributed by atoms with Crippen LogP contribution < -0.4 is 19.7 Å². The summed E-state index contributed by atoms with van der Waals surface area (Å²) in [6, 6.07) is 19.7. The first kappa shape index (κ1) is 27.6. The van der Waals surface area contributed by atoms with Crippen LogP contribution in [0.4, 0.5) is 10.1 Å². The number of fused-ring (bicyclic) bond motifs is 1. The topological polar surface area (TPSA) is 105 Å². The Balaban J connectivity index is 1.35. The number of sulfonamides is 1. The fraction of sp³-hybridized carbons (Fsp3) is 0.310. The molecule has 0 radical (unpaired) electrons. The number of hydrogen-bond acceptors (Lipinski definition) is 6. The lowest BCUT2D eigenvalue weighted by Gasteiger charge is -2.38. The molecule has 0 bridgehead atoms. The molecule has 1 saturated heterocycles. The first-order chi connectivity index (χ1) is 19.3. The van der Waals surface area contributed by atoms with E-state index in [-0.39, 0.29) is 42.1 Å². The zero-order valence-electron chi connectivity index (χ0n) is 22.0. The van der Waals surface area contributed by atoms with Crippen LogP contribution in [0.15, 0.2) is 77.7 Å². The molecule has 3 aromatic rings. The van der Waals surface area contributed by atoms with E-state index in [1.807, 2.05) is 30.3 Å². The van der Waals surface area contributed by atoms with Crippen LogP contribution in [0.2, 0.25) is 0 Å². The maximum absolute atomic E-state index is 14.0. The van der Waals surface area contributed by atoms with E-state index in [4.69, 9.17) is 9.47 Å². The molecule has 2 aliphatic heterocycles. The summed E-state index contributed by atoms with van der Waals surface area (Å²) in [4.78, 5) is 28.2. The number of anilines is 1. The highest BCUT2D eigenvalue weighted by Gasteiger charge is 2.40. The summed E-state index contributed by atoms with van der Waals surface area (Å²) in [5.41, 5.74) is 1.45. The smallest absolute Gasteiger partial charge is 0.263 e.